The van der Waals surface area contributed by atoms with Crippen LogP contribution >= 0.6 is 0 Å². The molecular weight excluding hydrogens is 282 g/mol. The summed E-state index contributed by atoms with van der Waals surface area (Å²) in [6.07, 6.45) is 5.16. The summed E-state index contributed by atoms with van der Waals surface area (Å²) in [5, 5.41) is 5.57. The van der Waals surface area contributed by atoms with E-state index in [0.29, 0.717) is 39.0 Å². The fraction of sp³-hybridized carbons (Fsp3) is 0.812. The number of nitrogens with one attached hydrogen (secondary N) is 2. The van der Waals surface area contributed by atoms with E-state index in [4.69, 9.17) is 0 Å². The number of carbonyl (C=O) groups is 3. The molecule has 1 aliphatic heterocycles. The Labute approximate surface area is 133 Å². The molecule has 3 amide bonds. The molecule has 0 spiro atoms. The van der Waals surface area contributed by atoms with E-state index in [2.05, 4.69) is 17.6 Å². The Bertz CT molecular complexity index is 377. The van der Waals surface area contributed by atoms with Gasteiger partial charge in [0.2, 0.25) is 5.91 Å². The van der Waals surface area contributed by atoms with Crippen molar-refractivity contribution in [3.05, 3.63) is 0 Å². The van der Waals surface area contributed by atoms with Crippen LogP contribution in [0.2, 0.25) is 0 Å². The Morgan fingerprint density at radius 2 is 1.50 bits per heavy atom. The summed E-state index contributed by atoms with van der Waals surface area (Å²) in [5.74, 6) is -0.961. The molecule has 0 bridgehead atoms. The Balaban J connectivity index is 2.30. The average Bonchev–Trinajstić information content (AvgIpc) is 2.54. The number of nitrogens with zero attached hydrogens (tertiary/aromatic N) is 1. The Morgan fingerprint density at radius 1 is 0.955 bits per heavy atom. The Kier molecular flexibility index (Phi) is 8.55. The maximum absolute atomic E-state index is 12.0. The van der Waals surface area contributed by atoms with E-state index in [1.807, 2.05) is 6.92 Å². The Hall–Kier alpha value is -1.59. The van der Waals surface area contributed by atoms with Crippen LogP contribution in [0.3, 0.4) is 0 Å². The molecule has 0 radical (unpaired) electrons. The summed E-state index contributed by atoms with van der Waals surface area (Å²) in [5.41, 5.74) is 0. The van der Waals surface area contributed by atoms with E-state index in [0.717, 1.165) is 25.7 Å². The highest BCUT2D eigenvalue weighted by molar-refractivity contribution is 6.35. The number of piperidine rings is 1. The molecule has 0 aromatic rings. The zero-order chi connectivity index (χ0) is 16.4. The largest absolute Gasteiger partial charge is 0.356 e. The van der Waals surface area contributed by atoms with Gasteiger partial charge in [0, 0.05) is 32.1 Å². The van der Waals surface area contributed by atoms with Gasteiger partial charge in [0.15, 0.2) is 0 Å². The maximum Gasteiger partial charge on any atom is 0.311 e. The number of rotatable bonds is 7. The zero-order valence-corrected chi connectivity index (χ0v) is 13.8. The van der Waals surface area contributed by atoms with Crippen LogP contribution < -0.4 is 10.6 Å². The van der Waals surface area contributed by atoms with Gasteiger partial charge >= 0.3 is 11.8 Å². The molecule has 126 valence electrons. The second kappa shape index (κ2) is 10.2. The summed E-state index contributed by atoms with van der Waals surface area (Å²) in [4.78, 5) is 37.2. The van der Waals surface area contributed by atoms with Crippen LogP contribution in [0.5, 0.6) is 0 Å². The first-order valence-electron chi connectivity index (χ1n) is 8.44. The van der Waals surface area contributed by atoms with Crippen molar-refractivity contribution in [2.75, 3.05) is 26.2 Å². The third-order valence-corrected chi connectivity index (χ3v) is 3.99. The monoisotopic (exact) mass is 311 g/mol. The van der Waals surface area contributed by atoms with Crippen LogP contribution in [-0.2, 0) is 14.4 Å². The van der Waals surface area contributed by atoms with Gasteiger partial charge < -0.3 is 15.5 Å². The molecule has 22 heavy (non-hydrogen) atoms. The molecule has 0 aromatic heterocycles. The second-order valence-electron chi connectivity index (χ2n) is 5.82. The molecule has 0 atom stereocenters. The quantitative estimate of drug-likeness (QED) is 0.545. The van der Waals surface area contributed by atoms with E-state index < -0.39 is 11.8 Å². The van der Waals surface area contributed by atoms with Crippen molar-refractivity contribution < 1.29 is 14.4 Å². The Morgan fingerprint density at radius 3 is 2.05 bits per heavy atom. The van der Waals surface area contributed by atoms with E-state index in [1.54, 1.807) is 4.90 Å². The molecule has 2 N–H and O–H groups in total. The van der Waals surface area contributed by atoms with Crippen molar-refractivity contribution >= 4 is 17.7 Å². The minimum absolute atomic E-state index is 0.0379. The predicted molar refractivity (Wildman–Crippen MR) is 85.1 cm³/mol. The topological polar surface area (TPSA) is 78.5 Å². The van der Waals surface area contributed by atoms with Gasteiger partial charge in [0.1, 0.15) is 0 Å². The van der Waals surface area contributed by atoms with Crippen molar-refractivity contribution in [3.63, 3.8) is 0 Å². The van der Waals surface area contributed by atoms with Crippen LogP contribution in [0, 0.1) is 5.92 Å². The van der Waals surface area contributed by atoms with Gasteiger partial charge in [0.05, 0.1) is 0 Å². The summed E-state index contributed by atoms with van der Waals surface area (Å²) in [6, 6.07) is 0. The van der Waals surface area contributed by atoms with Crippen LogP contribution in [0.4, 0.5) is 0 Å². The lowest BCUT2D eigenvalue weighted by atomic mass is 9.95. The van der Waals surface area contributed by atoms with E-state index in [-0.39, 0.29) is 11.8 Å². The van der Waals surface area contributed by atoms with Crippen LogP contribution in [0.15, 0.2) is 0 Å². The highest BCUT2D eigenvalue weighted by Gasteiger charge is 2.29. The highest BCUT2D eigenvalue weighted by atomic mass is 16.2. The van der Waals surface area contributed by atoms with Crippen molar-refractivity contribution in [2.24, 2.45) is 5.92 Å². The first-order chi connectivity index (χ1) is 10.6. The fourth-order valence-corrected chi connectivity index (χ4v) is 2.48. The number of hydrogen-bond donors (Lipinski definition) is 2. The zero-order valence-electron chi connectivity index (χ0n) is 13.8. The third kappa shape index (κ3) is 6.03. The minimum atomic E-state index is -0.528. The lowest BCUT2D eigenvalue weighted by Gasteiger charge is -2.30. The van der Waals surface area contributed by atoms with E-state index in [1.165, 1.54) is 0 Å². The summed E-state index contributed by atoms with van der Waals surface area (Å²) in [7, 11) is 0. The molecule has 1 saturated heterocycles. The van der Waals surface area contributed by atoms with E-state index in [9.17, 15) is 14.4 Å². The van der Waals surface area contributed by atoms with Crippen molar-refractivity contribution in [1.29, 1.82) is 0 Å². The normalized spacial score (nSPS) is 15.5. The van der Waals surface area contributed by atoms with Crippen LogP contribution in [0.1, 0.15) is 52.4 Å². The van der Waals surface area contributed by atoms with Gasteiger partial charge in [-0.25, -0.2) is 0 Å². The van der Waals surface area contributed by atoms with Crippen LogP contribution in [-0.4, -0.2) is 48.8 Å². The fourth-order valence-electron chi connectivity index (χ4n) is 2.48. The second-order valence-corrected chi connectivity index (χ2v) is 5.82. The van der Waals surface area contributed by atoms with Gasteiger partial charge in [-0.1, -0.05) is 26.7 Å². The van der Waals surface area contributed by atoms with Crippen molar-refractivity contribution in [2.45, 2.75) is 52.4 Å². The van der Waals surface area contributed by atoms with Crippen molar-refractivity contribution in [3.8, 4) is 0 Å². The molecule has 1 rings (SSSR count). The van der Waals surface area contributed by atoms with Gasteiger partial charge in [0.25, 0.3) is 0 Å². The number of unbranched alkanes of at least 4 members (excludes halogenated alkanes) is 2. The molecule has 1 heterocycles. The molecule has 1 fully saturated rings. The molecule has 6 heteroatoms. The lowest BCUT2D eigenvalue weighted by molar-refractivity contribution is -0.147. The third-order valence-electron chi connectivity index (χ3n) is 3.99. The first kappa shape index (κ1) is 18.5. The summed E-state index contributed by atoms with van der Waals surface area (Å²) >= 11 is 0. The molecule has 0 aromatic carbocycles. The van der Waals surface area contributed by atoms with Crippen molar-refractivity contribution in [1.82, 2.24) is 15.5 Å². The number of hydrogen-bond acceptors (Lipinski definition) is 3. The lowest BCUT2D eigenvalue weighted by Crippen LogP contribution is -2.48. The van der Waals surface area contributed by atoms with Crippen LogP contribution in [0.25, 0.3) is 0 Å². The standard InChI is InChI=1S/C16H29N3O3/c1-3-5-9-17-14(20)13-7-11-19(12-8-13)16(22)15(21)18-10-6-4-2/h13H,3-12H2,1-2H3,(H,17,20)(H,18,21). The number of likely N-dealkylation sites (tertiary alicyclic amines) is 1. The molecule has 0 saturated carbocycles. The smallest absolute Gasteiger partial charge is 0.311 e. The average molecular weight is 311 g/mol. The number of carbonyl (C=O) groups excluding carboxylic acids is 3. The molecule has 0 aliphatic carbocycles. The molecule has 6 nitrogen and oxygen atoms in total. The van der Waals surface area contributed by atoms with Gasteiger partial charge in [-0.15, -0.1) is 0 Å². The first-order valence-corrected chi connectivity index (χ1v) is 8.44. The summed E-state index contributed by atoms with van der Waals surface area (Å²) in [6.45, 7) is 6.33. The highest BCUT2D eigenvalue weighted by Crippen LogP contribution is 2.17. The molecule has 1 aliphatic rings. The van der Waals surface area contributed by atoms with Gasteiger partial charge in [-0.2, -0.15) is 0 Å². The maximum atomic E-state index is 12.0. The minimum Gasteiger partial charge on any atom is -0.356 e. The van der Waals surface area contributed by atoms with Gasteiger partial charge in [-0.3, -0.25) is 14.4 Å². The number of amides is 3. The molecule has 0 unspecified atom stereocenters. The van der Waals surface area contributed by atoms with Gasteiger partial charge in [-0.05, 0) is 25.7 Å². The summed E-state index contributed by atoms with van der Waals surface area (Å²) < 4.78 is 0. The SMILES string of the molecule is CCCCNC(=O)C(=O)N1CCC(C(=O)NCCCC)CC1. The molecular formula is C16H29N3O3. The van der Waals surface area contributed by atoms with E-state index >= 15 is 0 Å². The predicted octanol–water partition coefficient (Wildman–Crippen LogP) is 1.06.